The molecule has 0 spiro atoms. The molecule has 1 aromatic heterocycles. The van der Waals surface area contributed by atoms with Crippen molar-refractivity contribution in [1.82, 2.24) is 0 Å². The summed E-state index contributed by atoms with van der Waals surface area (Å²) in [5, 5.41) is 9.22. The van der Waals surface area contributed by atoms with Gasteiger partial charge in [-0.2, -0.15) is 21.9 Å². The van der Waals surface area contributed by atoms with E-state index in [-0.39, 0.29) is 0 Å². The zero-order valence-electron chi connectivity index (χ0n) is 48.2. The third kappa shape index (κ3) is 10.6. The normalized spacial score (nSPS) is 11.8. The molecule has 0 aliphatic heterocycles. The summed E-state index contributed by atoms with van der Waals surface area (Å²) in [5.74, 6) is 0.874. The summed E-state index contributed by atoms with van der Waals surface area (Å²) >= 11 is 0. The van der Waals surface area contributed by atoms with Crippen LogP contribution in [0, 0.1) is 0 Å². The Bertz CT molecular complexity index is 3930. The zero-order valence-corrected chi connectivity index (χ0v) is 49.9. The van der Waals surface area contributed by atoms with Crippen LogP contribution >= 0.6 is 14.1 Å². The third-order valence-corrected chi connectivity index (χ3v) is 24.1. The van der Waals surface area contributed by atoms with Crippen LogP contribution in [0.4, 0.5) is 11.4 Å². The van der Waals surface area contributed by atoms with Crippen molar-refractivity contribution in [3.05, 3.63) is 339 Å². The van der Waals surface area contributed by atoms with E-state index in [0.29, 0.717) is 11.8 Å². The van der Waals surface area contributed by atoms with Gasteiger partial charge in [0.05, 0.1) is 18.0 Å². The number of rotatable bonds is 14. The minimum atomic E-state index is -2.73. The van der Waals surface area contributed by atoms with E-state index in [1.807, 2.05) is 0 Å². The van der Waals surface area contributed by atoms with Crippen LogP contribution < -0.4 is 58.4 Å². The Morgan fingerprint density at radius 2 is 0.643 bits per heavy atom. The third-order valence-electron chi connectivity index (χ3n) is 16.6. The highest BCUT2D eigenvalue weighted by atomic mass is 31.2. The predicted octanol–water partition coefficient (Wildman–Crippen LogP) is 14.6. The number of benzene rings is 12. The van der Waals surface area contributed by atoms with Crippen LogP contribution in [0.3, 0.4) is 0 Å². The van der Waals surface area contributed by atoms with Gasteiger partial charge in [0.2, 0.25) is 0 Å². The Labute approximate surface area is 496 Å². The van der Waals surface area contributed by atoms with Crippen molar-refractivity contribution < 1.29 is 9.16 Å². The average molecular weight is 1120 g/mol. The van der Waals surface area contributed by atoms with Gasteiger partial charge in [-0.1, -0.05) is 295 Å². The molecule has 0 aliphatic carbocycles. The number of hydrogen-bond acceptors (Lipinski definition) is 2. The van der Waals surface area contributed by atoms with Crippen molar-refractivity contribution in [2.75, 3.05) is 0 Å². The molecule has 0 saturated heterocycles. The highest BCUT2D eigenvalue weighted by Crippen LogP contribution is 2.52. The number of furan rings is 1. The van der Waals surface area contributed by atoms with Crippen LogP contribution in [0.2, 0.25) is 0 Å². The first kappa shape index (κ1) is 55.5. The van der Waals surface area contributed by atoms with Crippen LogP contribution in [0.15, 0.2) is 337 Å². The van der Waals surface area contributed by atoms with Crippen LogP contribution in [-0.2, 0) is 0 Å². The smallest absolute Gasteiger partial charge is 0.199 e. The molecule has 6 heteroatoms. The maximum Gasteiger partial charge on any atom is 0.199 e. The van der Waals surface area contributed by atoms with E-state index in [4.69, 9.17) is 9.16 Å². The van der Waals surface area contributed by atoms with E-state index < -0.39 is 20.3 Å². The van der Waals surface area contributed by atoms with Gasteiger partial charge < -0.3 is 4.42 Å². The fourth-order valence-corrected chi connectivity index (χ4v) is 19.9. The molecule has 0 fully saturated rings. The van der Waals surface area contributed by atoms with Crippen LogP contribution in [-0.4, -0.2) is 6.15 Å². The zero-order chi connectivity index (χ0) is 57.4. The van der Waals surface area contributed by atoms with Gasteiger partial charge in [-0.15, -0.1) is 0 Å². The summed E-state index contributed by atoms with van der Waals surface area (Å²) in [6.45, 7) is 8.95. The first-order valence-electron chi connectivity index (χ1n) is 29.4. The van der Waals surface area contributed by atoms with Crippen molar-refractivity contribution in [2.45, 2.75) is 39.5 Å². The maximum absolute atomic E-state index is 7.54. The molecule has 12 aromatic carbocycles. The fraction of sp³-hybridized carbons (Fsp3) is 0.0769. The van der Waals surface area contributed by atoms with E-state index in [0.717, 1.165) is 43.9 Å². The van der Waals surface area contributed by atoms with Gasteiger partial charge in [0, 0.05) is 49.4 Å². The highest BCUT2D eigenvalue weighted by molar-refractivity contribution is 7.88. The van der Waals surface area contributed by atoms with Crippen LogP contribution in [0.25, 0.3) is 21.9 Å². The van der Waals surface area contributed by atoms with Crippen molar-refractivity contribution in [1.29, 1.82) is 0 Å². The second-order valence-corrected chi connectivity index (χ2v) is 28.4. The molecule has 0 amide bonds. The van der Waals surface area contributed by atoms with E-state index in [1.54, 1.807) is 0 Å². The van der Waals surface area contributed by atoms with Crippen molar-refractivity contribution >= 4 is 107 Å². The van der Waals surface area contributed by atoms with Gasteiger partial charge >= 0.3 is 0 Å². The van der Waals surface area contributed by atoms with Gasteiger partial charge in [-0.05, 0) is 71.5 Å². The van der Waals surface area contributed by atoms with E-state index >= 15 is 0 Å². The molecule has 0 unspecified atom stereocenters. The SMILES string of the molecule is CC(C)c1ccc(N=P(c2ccccc2)(c2ccccc2)c2cccc3c2oc2c(P(=[NH+]c4ccc(C(C)C)cc4)(c4ccccc4)c4ccccc4)cccc23)cc1.c1ccc([B-](c2ccccc2)(c2ccccc2)c2ccccc2)cc1. The summed E-state index contributed by atoms with van der Waals surface area (Å²) in [5.41, 5.74) is 11.8. The molecule has 0 radical (unpaired) electrons. The first-order chi connectivity index (χ1) is 41.3. The number of nitrogens with one attached hydrogen (secondary N) is 1. The molecule has 1 N–H and O–H groups in total. The van der Waals surface area contributed by atoms with Gasteiger partial charge in [0.1, 0.15) is 17.3 Å². The lowest BCUT2D eigenvalue weighted by Gasteiger charge is -2.44. The van der Waals surface area contributed by atoms with Crippen molar-refractivity contribution in [3.8, 4) is 0 Å². The summed E-state index contributed by atoms with van der Waals surface area (Å²) in [4.78, 5) is 0. The van der Waals surface area contributed by atoms with Gasteiger partial charge in [0.15, 0.2) is 12.7 Å². The van der Waals surface area contributed by atoms with E-state index in [2.05, 4.69) is 360 Å². The number of fused-ring (bicyclic) bond motifs is 3. The summed E-state index contributed by atoms with van der Waals surface area (Å²) in [6.07, 6.45) is -1.22. The van der Waals surface area contributed by atoms with Crippen LogP contribution in [0.1, 0.15) is 50.7 Å². The standard InChI is InChI=1S/C54H48N2OP2.C24H20B/c1-39(2)41-31-35-43(36-32-41)55-58(45-19-9-5-10-20-45,46-21-11-6-12-22-46)51-29-17-27-49-50-28-18-30-52(54(50)57-53(49)51)59(47-23-13-7-14-24-47,48-25-15-8-16-26-48)56-44-37-33-42(34-38-44)40(3)4;1-5-13-21(14-6-1)25(22-15-7-2-8-16-22,23-17-9-3-10-18-23)24-19-11-4-12-20-24/h5-40H,1-4H3;1-20H/q;-1/p+1. The van der Waals surface area contributed by atoms with E-state index in [1.165, 1.54) is 54.2 Å². The fourth-order valence-electron chi connectivity index (χ4n) is 12.5. The highest BCUT2D eigenvalue weighted by Gasteiger charge is 2.39. The Balaban J connectivity index is 0.000000231. The number of para-hydroxylation sites is 2. The topological polar surface area (TPSA) is 39.5 Å². The largest absolute Gasteiger partial charge is 0.454 e. The Hall–Kier alpha value is -9.04. The molecule has 0 bridgehead atoms. The lowest BCUT2D eigenvalue weighted by Crippen LogP contribution is -2.74. The van der Waals surface area contributed by atoms with Gasteiger partial charge in [0.25, 0.3) is 0 Å². The van der Waals surface area contributed by atoms with Gasteiger partial charge in [-0.3, -0.25) is 4.74 Å². The molecule has 410 valence electrons. The predicted molar refractivity (Wildman–Crippen MR) is 365 cm³/mol. The molecule has 0 aliphatic rings. The number of nitrogens with zero attached hydrogens (tertiary/aromatic N) is 1. The summed E-state index contributed by atoms with van der Waals surface area (Å²) in [6, 6.07) is 118. The van der Waals surface area contributed by atoms with Gasteiger partial charge in [-0.25, -0.2) is 4.74 Å². The second-order valence-electron chi connectivity index (χ2n) is 22.3. The molecule has 84 heavy (non-hydrogen) atoms. The van der Waals surface area contributed by atoms with E-state index in [9.17, 15) is 0 Å². The second kappa shape index (κ2) is 24.8. The lowest BCUT2D eigenvalue weighted by molar-refractivity contribution is -0.326. The quantitative estimate of drug-likeness (QED) is 0.0855. The average Bonchev–Trinajstić information content (AvgIpc) is 1.57. The molecule has 13 aromatic rings. The Kier molecular flexibility index (Phi) is 16.4. The minimum absolute atomic E-state index is 0.431. The van der Waals surface area contributed by atoms with Crippen molar-refractivity contribution in [2.24, 2.45) is 4.74 Å². The Morgan fingerprint density at radius 3 is 1.01 bits per heavy atom. The van der Waals surface area contributed by atoms with Crippen LogP contribution in [0.5, 0.6) is 0 Å². The monoisotopic (exact) mass is 1120 g/mol. The molecular formula is C78H69BN2OP2. The number of hydrogen-bond donors (Lipinski definition) is 1. The molecular weight excluding hydrogens is 1050 g/mol. The molecule has 1 heterocycles. The lowest BCUT2D eigenvalue weighted by atomic mass is 9.13. The Morgan fingerprint density at radius 1 is 0.321 bits per heavy atom. The maximum atomic E-state index is 7.54. The minimum Gasteiger partial charge on any atom is -0.454 e. The summed E-state index contributed by atoms with van der Waals surface area (Å²) < 4.78 is 17.7. The van der Waals surface area contributed by atoms with Crippen molar-refractivity contribution in [3.63, 3.8) is 0 Å². The summed E-state index contributed by atoms with van der Waals surface area (Å²) in [7, 11) is -5.34. The molecule has 13 rings (SSSR count). The molecule has 3 nitrogen and oxygen atoms in total. The first-order valence-corrected chi connectivity index (χ1v) is 32.9. The molecule has 0 saturated carbocycles. The molecule has 0 atom stereocenters.